The molecule has 0 aliphatic carbocycles. The predicted octanol–water partition coefficient (Wildman–Crippen LogP) is 4.64. The average Bonchev–Trinajstić information content (AvgIpc) is 3.24. The van der Waals surface area contributed by atoms with Crippen molar-refractivity contribution in [3.05, 3.63) is 96.1 Å². The third-order valence-electron chi connectivity index (χ3n) is 6.96. The maximum absolute atomic E-state index is 13.9. The Labute approximate surface area is 237 Å². The smallest absolute Gasteiger partial charge is 0.408 e. The summed E-state index contributed by atoms with van der Waals surface area (Å²) in [6.45, 7) is 11.7. The van der Waals surface area contributed by atoms with Crippen molar-refractivity contribution in [1.82, 2.24) is 10.2 Å². The van der Waals surface area contributed by atoms with Crippen LogP contribution in [0, 0.1) is 0 Å². The van der Waals surface area contributed by atoms with Gasteiger partial charge < -0.3 is 14.5 Å². The van der Waals surface area contributed by atoms with Crippen LogP contribution in [0.15, 0.2) is 84.9 Å². The Bertz CT molecular complexity index is 1320. The molecule has 7 nitrogen and oxygen atoms in total. The molecule has 0 spiro atoms. The maximum atomic E-state index is 13.9. The van der Waals surface area contributed by atoms with E-state index in [4.69, 9.17) is 9.16 Å². The van der Waals surface area contributed by atoms with E-state index in [1.54, 1.807) is 32.9 Å². The fourth-order valence-corrected chi connectivity index (χ4v) is 9.79. The largest absolute Gasteiger partial charge is 0.444 e. The molecule has 3 aromatic rings. The van der Waals surface area contributed by atoms with Crippen LogP contribution >= 0.6 is 0 Å². The van der Waals surface area contributed by atoms with Gasteiger partial charge in [-0.25, -0.2) is 4.79 Å². The van der Waals surface area contributed by atoms with Gasteiger partial charge in [0.15, 0.2) is 0 Å². The van der Waals surface area contributed by atoms with E-state index in [0.717, 1.165) is 15.9 Å². The first-order valence-electron chi connectivity index (χ1n) is 13.5. The van der Waals surface area contributed by atoms with Gasteiger partial charge in [-0.2, -0.15) is 0 Å². The molecule has 210 valence electrons. The Morgan fingerprint density at radius 2 is 1.38 bits per heavy atom. The van der Waals surface area contributed by atoms with Crippen molar-refractivity contribution in [2.75, 3.05) is 6.61 Å². The lowest BCUT2D eigenvalue weighted by molar-refractivity contribution is -0.131. The van der Waals surface area contributed by atoms with Gasteiger partial charge in [0.25, 0.3) is 20.1 Å². The number of carbonyl (C=O) groups excluding carboxylic acids is 3. The molecule has 1 atom stereocenters. The summed E-state index contributed by atoms with van der Waals surface area (Å²) in [7, 11) is -3.02. The molecule has 3 aromatic carbocycles. The first kappa shape index (κ1) is 29.2. The van der Waals surface area contributed by atoms with E-state index in [2.05, 4.69) is 50.4 Å². The number of imide groups is 1. The molecule has 0 bridgehead atoms. The highest BCUT2D eigenvalue weighted by molar-refractivity contribution is 6.99. The number of fused-ring (bicyclic) bond motifs is 1. The molecule has 0 radical (unpaired) electrons. The normalized spacial score (nSPS) is 14.4. The van der Waals surface area contributed by atoms with Gasteiger partial charge in [-0.15, -0.1) is 0 Å². The fourth-order valence-electron chi connectivity index (χ4n) is 5.21. The van der Waals surface area contributed by atoms with Gasteiger partial charge in [0, 0.05) is 5.56 Å². The summed E-state index contributed by atoms with van der Waals surface area (Å²) < 4.78 is 12.5. The van der Waals surface area contributed by atoms with Crippen LogP contribution in [0.1, 0.15) is 57.5 Å². The molecule has 0 saturated carbocycles. The van der Waals surface area contributed by atoms with Gasteiger partial charge in [-0.3, -0.25) is 14.5 Å². The number of nitrogens with one attached hydrogen (secondary N) is 1. The highest BCUT2D eigenvalue weighted by Crippen LogP contribution is 2.37. The van der Waals surface area contributed by atoms with Crippen LogP contribution < -0.4 is 15.7 Å². The van der Waals surface area contributed by atoms with Crippen molar-refractivity contribution >= 4 is 36.6 Å². The van der Waals surface area contributed by atoms with Crippen LogP contribution in [0.2, 0.25) is 5.04 Å². The van der Waals surface area contributed by atoms with Crippen molar-refractivity contribution in [3.8, 4) is 0 Å². The lowest BCUT2D eigenvalue weighted by atomic mass is 10.1. The number of ether oxygens (including phenoxy) is 1. The Morgan fingerprint density at radius 1 is 0.850 bits per heavy atom. The number of nitrogens with zero attached hydrogens (tertiary/aromatic N) is 1. The summed E-state index contributed by atoms with van der Waals surface area (Å²) in [6.07, 6.45) is -0.749. The van der Waals surface area contributed by atoms with Crippen molar-refractivity contribution < 1.29 is 23.5 Å². The van der Waals surface area contributed by atoms with Gasteiger partial charge in [0.05, 0.1) is 13.2 Å². The first-order valence-corrected chi connectivity index (χ1v) is 15.4. The molecule has 40 heavy (non-hydrogen) atoms. The zero-order chi connectivity index (χ0) is 29.1. The van der Waals surface area contributed by atoms with E-state index in [0.29, 0.717) is 5.56 Å². The Morgan fingerprint density at radius 3 is 1.88 bits per heavy atom. The molecule has 3 amide bonds. The summed E-state index contributed by atoms with van der Waals surface area (Å²) in [6, 6.07) is 26.1. The topological polar surface area (TPSA) is 84.9 Å². The molecule has 0 aromatic heterocycles. The highest BCUT2D eigenvalue weighted by Gasteiger charge is 2.51. The van der Waals surface area contributed by atoms with Crippen molar-refractivity contribution in [1.29, 1.82) is 0 Å². The number of hydrogen-bond donors (Lipinski definition) is 1. The third-order valence-corrected chi connectivity index (χ3v) is 12.0. The minimum absolute atomic E-state index is 0.133. The molecule has 1 N–H and O–H groups in total. The lowest BCUT2D eigenvalue weighted by Gasteiger charge is -2.43. The number of amides is 3. The number of alkyl carbamates (subject to hydrolysis) is 1. The lowest BCUT2D eigenvalue weighted by Crippen LogP contribution is -2.68. The predicted molar refractivity (Wildman–Crippen MR) is 158 cm³/mol. The monoisotopic (exact) mass is 558 g/mol. The maximum Gasteiger partial charge on any atom is 0.408 e. The van der Waals surface area contributed by atoms with Crippen molar-refractivity contribution in [2.45, 2.75) is 64.8 Å². The zero-order valence-corrected chi connectivity index (χ0v) is 25.1. The Balaban J connectivity index is 1.72. The molecule has 1 aliphatic heterocycles. The molecule has 0 saturated heterocycles. The highest BCUT2D eigenvalue weighted by atomic mass is 28.4. The van der Waals surface area contributed by atoms with Gasteiger partial charge in [0.2, 0.25) is 0 Å². The second-order valence-electron chi connectivity index (χ2n) is 12.1. The average molecular weight is 559 g/mol. The third kappa shape index (κ3) is 6.03. The van der Waals surface area contributed by atoms with E-state index in [1.165, 1.54) is 4.90 Å². The van der Waals surface area contributed by atoms with Gasteiger partial charge >= 0.3 is 6.09 Å². The van der Waals surface area contributed by atoms with E-state index < -0.39 is 32.0 Å². The van der Waals surface area contributed by atoms with E-state index in [-0.39, 0.29) is 24.1 Å². The second-order valence-corrected chi connectivity index (χ2v) is 16.4. The SMILES string of the molecule is CC(C)(C)OC(=O)N[C@@H](CO[Si](c1ccccc1)(c1ccccc1)C(C)(C)C)C(=O)N1Cc2ccccc2C1=O. The van der Waals surface area contributed by atoms with E-state index in [1.807, 2.05) is 48.5 Å². The second kappa shape index (κ2) is 11.4. The van der Waals surface area contributed by atoms with Crippen LogP contribution in [-0.2, 0) is 20.5 Å². The first-order chi connectivity index (χ1) is 18.8. The molecule has 1 aliphatic rings. The Kier molecular flexibility index (Phi) is 8.32. The minimum Gasteiger partial charge on any atom is -0.444 e. The number of benzene rings is 3. The molecule has 1 heterocycles. The fraction of sp³-hybridized carbons (Fsp3) is 0.344. The van der Waals surface area contributed by atoms with Gasteiger partial charge in [-0.1, -0.05) is 99.6 Å². The summed E-state index contributed by atoms with van der Waals surface area (Å²) in [5.74, 6) is -0.924. The zero-order valence-electron chi connectivity index (χ0n) is 24.1. The van der Waals surface area contributed by atoms with Crippen LogP contribution in [0.5, 0.6) is 0 Å². The van der Waals surface area contributed by atoms with Gasteiger partial charge in [0.1, 0.15) is 11.6 Å². The number of hydrogen-bond acceptors (Lipinski definition) is 5. The molecular formula is C32H38N2O5Si. The van der Waals surface area contributed by atoms with Crippen molar-refractivity contribution in [2.24, 2.45) is 0 Å². The van der Waals surface area contributed by atoms with E-state index in [9.17, 15) is 14.4 Å². The quantitative estimate of drug-likeness (QED) is 0.427. The van der Waals surface area contributed by atoms with Gasteiger partial charge in [-0.05, 0) is 47.8 Å². The molecular weight excluding hydrogens is 520 g/mol. The summed E-state index contributed by atoms with van der Waals surface area (Å²) in [5.41, 5.74) is 0.487. The van der Waals surface area contributed by atoms with E-state index >= 15 is 0 Å². The summed E-state index contributed by atoms with van der Waals surface area (Å²) in [4.78, 5) is 41.2. The summed E-state index contributed by atoms with van der Waals surface area (Å²) in [5, 5.41) is 4.47. The standard InChI is InChI=1S/C32H38N2O5Si/c1-31(2,3)39-30(37)33-27(29(36)34-21-23-15-13-14-20-26(23)28(34)35)22-38-40(32(4,5)6,24-16-9-7-10-17-24)25-18-11-8-12-19-25/h7-20,27H,21-22H2,1-6H3,(H,33,37)/t27-/m0/s1. The Hall–Kier alpha value is -3.75. The van der Waals surface area contributed by atoms with Crippen LogP contribution in [0.3, 0.4) is 0 Å². The minimum atomic E-state index is -3.02. The van der Waals surface area contributed by atoms with Crippen LogP contribution in [-0.4, -0.2) is 49.4 Å². The van der Waals surface area contributed by atoms with Crippen LogP contribution in [0.4, 0.5) is 4.79 Å². The van der Waals surface area contributed by atoms with Crippen LogP contribution in [0.25, 0.3) is 0 Å². The molecule has 4 rings (SSSR count). The molecule has 0 unspecified atom stereocenters. The van der Waals surface area contributed by atoms with Crippen molar-refractivity contribution in [3.63, 3.8) is 0 Å². The molecule has 8 heteroatoms. The number of carbonyl (C=O) groups is 3. The molecule has 0 fully saturated rings. The summed E-state index contributed by atoms with van der Waals surface area (Å²) >= 11 is 0. The number of rotatable bonds is 7.